The van der Waals surface area contributed by atoms with Gasteiger partial charge >= 0.3 is 0 Å². The third kappa shape index (κ3) is 2.81. The van der Waals surface area contributed by atoms with E-state index in [1.54, 1.807) is 6.07 Å². The van der Waals surface area contributed by atoms with Gasteiger partial charge in [0.15, 0.2) is 0 Å². The Bertz CT molecular complexity index is 281. The molecule has 0 fully saturated rings. The number of nitrogens with two attached hydrogens (primary N) is 1. The quantitative estimate of drug-likeness (QED) is 0.761. The van der Waals surface area contributed by atoms with E-state index in [1.165, 1.54) is 6.07 Å². The lowest BCUT2D eigenvalue weighted by molar-refractivity contribution is 0.609. The van der Waals surface area contributed by atoms with Gasteiger partial charge in [0.1, 0.15) is 5.82 Å². The molecule has 2 N–H and O–H groups in total. The maximum absolute atomic E-state index is 13.1. The lowest BCUT2D eigenvalue weighted by Crippen LogP contribution is -2.15. The number of benzene rings is 1. The molecule has 0 unspecified atom stereocenters. The summed E-state index contributed by atoms with van der Waals surface area (Å²) in [6.07, 6.45) is 1.77. The summed E-state index contributed by atoms with van der Waals surface area (Å²) in [6, 6.07) is 5.38. The number of halogens is 1. The second-order valence-electron chi connectivity index (χ2n) is 3.54. The van der Waals surface area contributed by atoms with E-state index >= 15 is 0 Å². The predicted octanol–water partition coefficient (Wildman–Crippen LogP) is 2.41. The Hall–Kier alpha value is -0.890. The van der Waals surface area contributed by atoms with E-state index in [-0.39, 0.29) is 11.9 Å². The van der Waals surface area contributed by atoms with Gasteiger partial charge < -0.3 is 5.73 Å². The Balaban J connectivity index is 2.71. The molecule has 72 valence electrons. The number of rotatable bonds is 3. The molecule has 0 aliphatic rings. The average molecular weight is 181 g/mol. The highest BCUT2D eigenvalue weighted by molar-refractivity contribution is 5.27. The standard InChI is InChI=1S/C11H16FN/c1-8(13)6-7-10-4-3-5-11(12)9(10)2/h3-5,8H,6-7,13H2,1-2H3/t8-/m1/s1. The van der Waals surface area contributed by atoms with Gasteiger partial charge in [-0.05, 0) is 43.9 Å². The highest BCUT2D eigenvalue weighted by Crippen LogP contribution is 2.14. The van der Waals surface area contributed by atoms with Crippen molar-refractivity contribution in [1.29, 1.82) is 0 Å². The molecule has 0 aliphatic heterocycles. The second-order valence-corrected chi connectivity index (χ2v) is 3.54. The number of hydrogen-bond donors (Lipinski definition) is 1. The lowest BCUT2D eigenvalue weighted by atomic mass is 10.0. The van der Waals surface area contributed by atoms with Crippen molar-refractivity contribution in [3.63, 3.8) is 0 Å². The van der Waals surface area contributed by atoms with Gasteiger partial charge in [-0.3, -0.25) is 0 Å². The molecule has 0 saturated carbocycles. The van der Waals surface area contributed by atoms with Crippen molar-refractivity contribution in [3.8, 4) is 0 Å². The molecule has 0 saturated heterocycles. The minimum atomic E-state index is -0.123. The molecule has 1 aromatic carbocycles. The summed E-state index contributed by atoms with van der Waals surface area (Å²) in [5, 5.41) is 0. The molecule has 1 nitrogen and oxygen atoms in total. The molecule has 1 atom stereocenters. The van der Waals surface area contributed by atoms with Gasteiger partial charge in [0.25, 0.3) is 0 Å². The summed E-state index contributed by atoms with van der Waals surface area (Å²) in [6.45, 7) is 3.78. The Morgan fingerprint density at radius 2 is 2.15 bits per heavy atom. The zero-order chi connectivity index (χ0) is 9.84. The highest BCUT2D eigenvalue weighted by Gasteiger charge is 2.03. The average Bonchev–Trinajstić information content (AvgIpc) is 2.07. The summed E-state index contributed by atoms with van der Waals surface area (Å²) in [5.41, 5.74) is 7.45. The van der Waals surface area contributed by atoms with E-state index in [1.807, 2.05) is 19.9 Å². The highest BCUT2D eigenvalue weighted by atomic mass is 19.1. The van der Waals surface area contributed by atoms with Crippen molar-refractivity contribution in [1.82, 2.24) is 0 Å². The van der Waals surface area contributed by atoms with E-state index in [0.717, 1.165) is 24.0 Å². The smallest absolute Gasteiger partial charge is 0.126 e. The van der Waals surface area contributed by atoms with Gasteiger partial charge in [0.2, 0.25) is 0 Å². The van der Waals surface area contributed by atoms with Crippen LogP contribution in [0.2, 0.25) is 0 Å². The van der Waals surface area contributed by atoms with Crippen molar-refractivity contribution in [2.45, 2.75) is 32.7 Å². The Morgan fingerprint density at radius 3 is 2.77 bits per heavy atom. The maximum atomic E-state index is 13.1. The molecule has 0 spiro atoms. The monoisotopic (exact) mass is 181 g/mol. The normalized spacial score (nSPS) is 12.9. The zero-order valence-corrected chi connectivity index (χ0v) is 8.18. The lowest BCUT2D eigenvalue weighted by Gasteiger charge is -2.08. The van der Waals surface area contributed by atoms with Gasteiger partial charge in [-0.15, -0.1) is 0 Å². The summed E-state index contributed by atoms with van der Waals surface area (Å²) >= 11 is 0. The molecule has 0 amide bonds. The van der Waals surface area contributed by atoms with Gasteiger partial charge in [-0.2, -0.15) is 0 Å². The molecule has 0 aliphatic carbocycles. The molecule has 0 aromatic heterocycles. The van der Waals surface area contributed by atoms with Crippen molar-refractivity contribution in [2.24, 2.45) is 5.73 Å². The largest absolute Gasteiger partial charge is 0.328 e. The van der Waals surface area contributed by atoms with Crippen LogP contribution >= 0.6 is 0 Å². The van der Waals surface area contributed by atoms with Crippen LogP contribution in [0.25, 0.3) is 0 Å². The molecular weight excluding hydrogens is 165 g/mol. The summed E-state index contributed by atoms with van der Waals surface area (Å²) in [5.74, 6) is -0.123. The van der Waals surface area contributed by atoms with Crippen LogP contribution in [0.5, 0.6) is 0 Å². The maximum Gasteiger partial charge on any atom is 0.126 e. The van der Waals surface area contributed by atoms with Crippen LogP contribution in [-0.4, -0.2) is 6.04 Å². The van der Waals surface area contributed by atoms with E-state index in [4.69, 9.17) is 5.73 Å². The van der Waals surface area contributed by atoms with Crippen LogP contribution in [0.15, 0.2) is 18.2 Å². The molecule has 1 aromatic rings. The fourth-order valence-electron chi connectivity index (χ4n) is 1.31. The predicted molar refractivity (Wildman–Crippen MR) is 53.1 cm³/mol. The minimum absolute atomic E-state index is 0.123. The fourth-order valence-corrected chi connectivity index (χ4v) is 1.31. The van der Waals surface area contributed by atoms with Gasteiger partial charge in [-0.1, -0.05) is 12.1 Å². The van der Waals surface area contributed by atoms with Crippen molar-refractivity contribution in [2.75, 3.05) is 0 Å². The topological polar surface area (TPSA) is 26.0 Å². The van der Waals surface area contributed by atoms with Gasteiger partial charge in [-0.25, -0.2) is 4.39 Å². The summed E-state index contributed by atoms with van der Waals surface area (Å²) < 4.78 is 13.1. The SMILES string of the molecule is Cc1c(F)cccc1CC[C@@H](C)N. The van der Waals surface area contributed by atoms with Crippen LogP contribution in [0.4, 0.5) is 4.39 Å². The third-order valence-corrected chi connectivity index (χ3v) is 2.25. The second kappa shape index (κ2) is 4.38. The molecule has 0 heterocycles. The van der Waals surface area contributed by atoms with Crippen molar-refractivity contribution < 1.29 is 4.39 Å². The van der Waals surface area contributed by atoms with Crippen LogP contribution in [0.3, 0.4) is 0 Å². The van der Waals surface area contributed by atoms with Gasteiger partial charge in [0, 0.05) is 6.04 Å². The minimum Gasteiger partial charge on any atom is -0.328 e. The first-order valence-electron chi connectivity index (χ1n) is 4.61. The number of hydrogen-bond acceptors (Lipinski definition) is 1. The molecule has 0 radical (unpaired) electrons. The zero-order valence-electron chi connectivity index (χ0n) is 8.18. The van der Waals surface area contributed by atoms with Crippen molar-refractivity contribution >= 4 is 0 Å². The van der Waals surface area contributed by atoms with E-state index in [0.29, 0.717) is 0 Å². The summed E-state index contributed by atoms with van der Waals surface area (Å²) in [4.78, 5) is 0. The molecule has 13 heavy (non-hydrogen) atoms. The molecular formula is C11H16FN. The Kier molecular flexibility index (Phi) is 3.43. The first-order valence-corrected chi connectivity index (χ1v) is 4.61. The summed E-state index contributed by atoms with van der Waals surface area (Å²) in [7, 11) is 0. The van der Waals surface area contributed by atoms with Crippen LogP contribution in [0.1, 0.15) is 24.5 Å². The van der Waals surface area contributed by atoms with Crippen LogP contribution < -0.4 is 5.73 Å². The Morgan fingerprint density at radius 1 is 1.46 bits per heavy atom. The first kappa shape index (κ1) is 10.2. The fraction of sp³-hybridized carbons (Fsp3) is 0.455. The van der Waals surface area contributed by atoms with Gasteiger partial charge in [0.05, 0.1) is 0 Å². The van der Waals surface area contributed by atoms with Crippen LogP contribution in [0, 0.1) is 12.7 Å². The molecule has 1 rings (SSSR count). The molecule has 0 bridgehead atoms. The van der Waals surface area contributed by atoms with E-state index in [9.17, 15) is 4.39 Å². The Labute approximate surface area is 78.8 Å². The first-order chi connectivity index (χ1) is 6.11. The van der Waals surface area contributed by atoms with E-state index in [2.05, 4.69) is 0 Å². The van der Waals surface area contributed by atoms with Crippen molar-refractivity contribution in [3.05, 3.63) is 35.1 Å². The van der Waals surface area contributed by atoms with Crippen LogP contribution in [-0.2, 0) is 6.42 Å². The van der Waals surface area contributed by atoms with E-state index < -0.39 is 0 Å². The third-order valence-electron chi connectivity index (χ3n) is 2.25. The molecule has 2 heteroatoms. The number of aryl methyl sites for hydroxylation is 1.